The Bertz CT molecular complexity index is 1100. The molecule has 0 radical (unpaired) electrons. The highest BCUT2D eigenvalue weighted by molar-refractivity contribution is 7.18. The van der Waals surface area contributed by atoms with E-state index in [0.29, 0.717) is 33.8 Å². The maximum Gasteiger partial charge on any atom is 0.393 e. The summed E-state index contributed by atoms with van der Waals surface area (Å²) >= 11 is 1.15. The number of benzene rings is 1. The van der Waals surface area contributed by atoms with Crippen molar-refractivity contribution < 1.29 is 13.2 Å². The molecule has 176 valence electrons. The maximum absolute atomic E-state index is 13.0. The van der Waals surface area contributed by atoms with E-state index in [2.05, 4.69) is 45.1 Å². The third-order valence-electron chi connectivity index (χ3n) is 6.90. The van der Waals surface area contributed by atoms with Crippen LogP contribution in [0.15, 0.2) is 36.4 Å². The van der Waals surface area contributed by atoms with E-state index in [4.69, 9.17) is 4.98 Å². The summed E-state index contributed by atoms with van der Waals surface area (Å²) in [5.74, 6) is 2.78. The highest BCUT2D eigenvalue weighted by atomic mass is 32.1. The largest absolute Gasteiger partial charge is 0.393 e. The number of nitrogens with zero attached hydrogens (tertiary/aromatic N) is 4. The molecule has 3 aromatic rings. The molecule has 2 fully saturated rings. The van der Waals surface area contributed by atoms with Gasteiger partial charge in [0.1, 0.15) is 16.5 Å². The van der Waals surface area contributed by atoms with Crippen LogP contribution in [0.3, 0.4) is 0 Å². The molecule has 4 nitrogen and oxygen atoms in total. The van der Waals surface area contributed by atoms with Gasteiger partial charge in [0.05, 0.1) is 11.8 Å². The molecule has 0 spiro atoms. The van der Waals surface area contributed by atoms with Gasteiger partial charge < -0.3 is 9.80 Å². The number of hydrogen-bond acceptors (Lipinski definition) is 5. The average Bonchev–Trinajstić information content (AvgIpc) is 3.38. The van der Waals surface area contributed by atoms with E-state index in [9.17, 15) is 13.2 Å². The SMILES string of the molecule is CCc1nc(N2CCC3CN(CCc4ccccc4)CC3C2)c2cc(CC(F)(F)F)sc2n1. The Kier molecular flexibility index (Phi) is 6.31. The molecular formula is C25H29F3N4S. The maximum atomic E-state index is 13.0. The van der Waals surface area contributed by atoms with Crippen LogP contribution in [0.25, 0.3) is 10.2 Å². The first-order valence-corrected chi connectivity index (χ1v) is 12.6. The summed E-state index contributed by atoms with van der Waals surface area (Å²) in [6, 6.07) is 12.3. The average molecular weight is 475 g/mol. The molecule has 2 atom stereocenters. The smallest absolute Gasteiger partial charge is 0.356 e. The minimum Gasteiger partial charge on any atom is -0.356 e. The highest BCUT2D eigenvalue weighted by Crippen LogP contribution is 2.38. The lowest BCUT2D eigenvalue weighted by Gasteiger charge is -2.35. The normalized spacial score (nSPS) is 21.6. The van der Waals surface area contributed by atoms with Gasteiger partial charge in [-0.05, 0) is 36.3 Å². The Morgan fingerprint density at radius 2 is 1.85 bits per heavy atom. The first kappa shape index (κ1) is 22.6. The van der Waals surface area contributed by atoms with Gasteiger partial charge in [0.25, 0.3) is 0 Å². The number of piperidine rings is 1. The molecule has 2 aliphatic rings. The fraction of sp³-hybridized carbons (Fsp3) is 0.520. The molecule has 0 bridgehead atoms. The van der Waals surface area contributed by atoms with Gasteiger partial charge in [-0.2, -0.15) is 13.2 Å². The lowest BCUT2D eigenvalue weighted by atomic mass is 9.88. The molecule has 0 N–H and O–H groups in total. The fourth-order valence-electron chi connectivity index (χ4n) is 5.26. The second-order valence-corrected chi connectivity index (χ2v) is 10.4. The van der Waals surface area contributed by atoms with Crippen molar-refractivity contribution in [2.75, 3.05) is 37.6 Å². The van der Waals surface area contributed by atoms with E-state index in [1.165, 1.54) is 5.56 Å². The van der Waals surface area contributed by atoms with Gasteiger partial charge >= 0.3 is 6.18 Å². The van der Waals surface area contributed by atoms with E-state index in [0.717, 1.165) is 68.1 Å². The van der Waals surface area contributed by atoms with Gasteiger partial charge in [-0.15, -0.1) is 11.3 Å². The second kappa shape index (κ2) is 9.22. The van der Waals surface area contributed by atoms with Gasteiger partial charge in [-0.3, -0.25) is 0 Å². The number of alkyl halides is 3. The molecule has 2 saturated heterocycles. The van der Waals surface area contributed by atoms with Crippen LogP contribution in [0.4, 0.5) is 19.0 Å². The van der Waals surface area contributed by atoms with Crippen molar-refractivity contribution in [3.05, 3.63) is 52.7 Å². The monoisotopic (exact) mass is 474 g/mol. The molecule has 0 aliphatic carbocycles. The quantitative estimate of drug-likeness (QED) is 0.482. The van der Waals surface area contributed by atoms with E-state index >= 15 is 0 Å². The van der Waals surface area contributed by atoms with Crippen LogP contribution >= 0.6 is 11.3 Å². The van der Waals surface area contributed by atoms with Gasteiger partial charge in [0.2, 0.25) is 0 Å². The van der Waals surface area contributed by atoms with Crippen molar-refractivity contribution in [3.8, 4) is 0 Å². The minimum atomic E-state index is -4.21. The Morgan fingerprint density at radius 1 is 1.06 bits per heavy atom. The van der Waals surface area contributed by atoms with Gasteiger partial charge in [0, 0.05) is 44.0 Å². The van der Waals surface area contributed by atoms with Crippen LogP contribution < -0.4 is 4.90 Å². The van der Waals surface area contributed by atoms with E-state index in [1.807, 2.05) is 6.92 Å². The van der Waals surface area contributed by atoms with Crippen LogP contribution in [0, 0.1) is 11.8 Å². The summed E-state index contributed by atoms with van der Waals surface area (Å²) < 4.78 is 38.9. The summed E-state index contributed by atoms with van der Waals surface area (Å²) in [6.45, 7) is 7.08. The minimum absolute atomic E-state index is 0.309. The Morgan fingerprint density at radius 3 is 2.61 bits per heavy atom. The zero-order valence-electron chi connectivity index (χ0n) is 18.8. The fourth-order valence-corrected chi connectivity index (χ4v) is 6.33. The predicted octanol–water partition coefficient (Wildman–Crippen LogP) is 5.36. The molecule has 8 heteroatoms. The molecular weight excluding hydrogens is 445 g/mol. The number of aryl methyl sites for hydroxylation is 1. The van der Waals surface area contributed by atoms with E-state index < -0.39 is 12.6 Å². The second-order valence-electron chi connectivity index (χ2n) is 9.29. The van der Waals surface area contributed by atoms with Crippen LogP contribution in [-0.2, 0) is 19.3 Å². The van der Waals surface area contributed by atoms with Crippen molar-refractivity contribution >= 4 is 27.4 Å². The number of anilines is 1. The number of halogens is 3. The van der Waals surface area contributed by atoms with Crippen molar-refractivity contribution in [2.24, 2.45) is 11.8 Å². The highest BCUT2D eigenvalue weighted by Gasteiger charge is 2.38. The molecule has 2 aromatic heterocycles. The van der Waals surface area contributed by atoms with Crippen LogP contribution in [0.5, 0.6) is 0 Å². The summed E-state index contributed by atoms with van der Waals surface area (Å²) in [7, 11) is 0. The number of likely N-dealkylation sites (tertiary alicyclic amines) is 1. The zero-order valence-corrected chi connectivity index (χ0v) is 19.6. The molecule has 2 unspecified atom stereocenters. The topological polar surface area (TPSA) is 32.3 Å². The van der Waals surface area contributed by atoms with Gasteiger partial charge in [0.15, 0.2) is 0 Å². The van der Waals surface area contributed by atoms with Crippen molar-refractivity contribution in [3.63, 3.8) is 0 Å². The van der Waals surface area contributed by atoms with Gasteiger partial charge in [-0.25, -0.2) is 9.97 Å². The summed E-state index contributed by atoms with van der Waals surface area (Å²) in [5, 5.41) is 0.772. The number of rotatable bonds is 6. The van der Waals surface area contributed by atoms with Crippen molar-refractivity contribution in [2.45, 2.75) is 38.8 Å². The third-order valence-corrected chi connectivity index (χ3v) is 7.93. The van der Waals surface area contributed by atoms with Crippen LogP contribution in [0.1, 0.15) is 29.6 Å². The molecule has 5 rings (SSSR count). The first-order chi connectivity index (χ1) is 15.9. The lowest BCUT2D eigenvalue weighted by molar-refractivity contribution is -0.126. The van der Waals surface area contributed by atoms with E-state index in [-0.39, 0.29) is 0 Å². The first-order valence-electron chi connectivity index (χ1n) is 11.8. The molecule has 4 heterocycles. The zero-order chi connectivity index (χ0) is 23.0. The molecule has 0 amide bonds. The van der Waals surface area contributed by atoms with Crippen LogP contribution in [0.2, 0.25) is 0 Å². The standard InChI is InChI=1S/C25H29F3N4S/c1-2-22-29-23(21-12-20(13-25(26,27)28)33-24(21)30-22)32-11-9-18-14-31(15-19(18)16-32)10-8-17-6-4-3-5-7-17/h3-7,12,18-19H,2,8-11,13-16H2,1H3. The number of fused-ring (bicyclic) bond motifs is 2. The third kappa shape index (κ3) is 5.17. The summed E-state index contributed by atoms with van der Waals surface area (Å²) in [5.41, 5.74) is 1.37. The number of aromatic nitrogens is 2. The van der Waals surface area contributed by atoms with Crippen molar-refractivity contribution in [1.82, 2.24) is 14.9 Å². The summed E-state index contributed by atoms with van der Waals surface area (Å²) in [4.78, 5) is 15.2. The van der Waals surface area contributed by atoms with Crippen molar-refractivity contribution in [1.29, 1.82) is 0 Å². The Hall–Kier alpha value is -2.19. The summed E-state index contributed by atoms with van der Waals surface area (Å²) in [6.07, 6.45) is -2.29. The van der Waals surface area contributed by atoms with E-state index in [1.54, 1.807) is 6.07 Å². The predicted molar refractivity (Wildman–Crippen MR) is 127 cm³/mol. The lowest BCUT2D eigenvalue weighted by Crippen LogP contribution is -2.40. The molecule has 1 aromatic carbocycles. The Balaban J connectivity index is 1.31. The number of thiophene rings is 1. The molecule has 0 saturated carbocycles. The molecule has 2 aliphatic heterocycles. The Labute approximate surface area is 196 Å². The van der Waals surface area contributed by atoms with Crippen LogP contribution in [-0.4, -0.2) is 53.8 Å². The molecule has 33 heavy (non-hydrogen) atoms. The number of hydrogen-bond donors (Lipinski definition) is 0. The van der Waals surface area contributed by atoms with Gasteiger partial charge in [-0.1, -0.05) is 37.3 Å².